The van der Waals surface area contributed by atoms with Gasteiger partial charge in [0.25, 0.3) is 0 Å². The van der Waals surface area contributed by atoms with Crippen LogP contribution in [0.25, 0.3) is 33.2 Å². The summed E-state index contributed by atoms with van der Waals surface area (Å²) < 4.78 is 31.8. The molecule has 3 heterocycles. The van der Waals surface area contributed by atoms with E-state index in [2.05, 4.69) is 9.97 Å². The molecule has 11 heteroatoms. The van der Waals surface area contributed by atoms with Gasteiger partial charge in [-0.3, -0.25) is 14.4 Å². The Morgan fingerprint density at radius 1 is 1.02 bits per heavy atom. The minimum atomic E-state index is -1.44. The molecular formula is C36H33ClF2N4O4. The molecule has 1 unspecified atom stereocenters. The Labute approximate surface area is 275 Å². The van der Waals surface area contributed by atoms with Crippen LogP contribution in [0.4, 0.5) is 8.78 Å². The van der Waals surface area contributed by atoms with Crippen molar-refractivity contribution >= 4 is 40.0 Å². The quantitative estimate of drug-likeness (QED) is 0.177. The van der Waals surface area contributed by atoms with Crippen molar-refractivity contribution in [1.82, 2.24) is 19.4 Å². The van der Waals surface area contributed by atoms with E-state index in [0.29, 0.717) is 44.0 Å². The number of carbonyl (C=O) groups is 3. The highest BCUT2D eigenvalue weighted by atomic mass is 35.5. The number of phenolic OH excluding ortho intramolecular Hbond substituents is 1. The van der Waals surface area contributed by atoms with Crippen LogP contribution in [0.5, 0.6) is 5.75 Å². The van der Waals surface area contributed by atoms with Crippen molar-refractivity contribution in [2.75, 3.05) is 6.54 Å². The summed E-state index contributed by atoms with van der Waals surface area (Å²) in [5, 5.41) is 11.7. The van der Waals surface area contributed by atoms with Gasteiger partial charge in [0.2, 0.25) is 5.91 Å². The molecular weight excluding hydrogens is 626 g/mol. The second-order valence-electron chi connectivity index (χ2n) is 11.4. The van der Waals surface area contributed by atoms with Crippen molar-refractivity contribution in [2.45, 2.75) is 52.9 Å². The van der Waals surface area contributed by atoms with Gasteiger partial charge in [-0.1, -0.05) is 55.4 Å². The molecule has 0 radical (unpaired) electrons. The number of ketones is 2. The maximum atomic E-state index is 15.6. The number of aryl methyl sites for hydroxylation is 1. The van der Waals surface area contributed by atoms with Crippen LogP contribution in [-0.4, -0.2) is 60.8 Å². The SMILES string of the molecule is C.CC(=O)c1cn(CC(=O)N2C[C@H](F)CC2C(=O)Cc2cccc(-c3ccccc3Cl)c2F)c2cc(O)c(-c3cnc(C)nc3)cc12. The van der Waals surface area contributed by atoms with Gasteiger partial charge in [0, 0.05) is 75.7 Å². The van der Waals surface area contributed by atoms with E-state index >= 15 is 4.39 Å². The van der Waals surface area contributed by atoms with E-state index in [1.807, 2.05) is 0 Å². The molecule has 5 aromatic rings. The maximum Gasteiger partial charge on any atom is 0.243 e. The van der Waals surface area contributed by atoms with E-state index in [4.69, 9.17) is 11.6 Å². The molecule has 1 amide bonds. The first-order valence-corrected chi connectivity index (χ1v) is 15.0. The first kappa shape index (κ1) is 33.4. The second-order valence-corrected chi connectivity index (χ2v) is 11.8. The molecule has 0 aliphatic carbocycles. The summed E-state index contributed by atoms with van der Waals surface area (Å²) in [5.74, 6) is -1.46. The third kappa shape index (κ3) is 6.51. The normalized spacial score (nSPS) is 15.9. The first-order valence-electron chi connectivity index (χ1n) is 14.7. The monoisotopic (exact) mass is 658 g/mol. The van der Waals surface area contributed by atoms with Gasteiger partial charge in [-0.25, -0.2) is 18.7 Å². The van der Waals surface area contributed by atoms with E-state index in [9.17, 15) is 23.9 Å². The van der Waals surface area contributed by atoms with Crippen molar-refractivity contribution in [3.63, 3.8) is 0 Å². The van der Waals surface area contributed by atoms with Crippen LogP contribution in [-0.2, 0) is 22.6 Å². The highest BCUT2D eigenvalue weighted by molar-refractivity contribution is 6.33. The number of hydrogen-bond acceptors (Lipinski definition) is 6. The van der Waals surface area contributed by atoms with Crippen LogP contribution in [0.2, 0.25) is 5.02 Å². The van der Waals surface area contributed by atoms with E-state index < -0.39 is 29.7 Å². The van der Waals surface area contributed by atoms with Crippen molar-refractivity contribution in [2.24, 2.45) is 0 Å². The molecule has 0 saturated carbocycles. The van der Waals surface area contributed by atoms with Gasteiger partial charge in [0.15, 0.2) is 11.6 Å². The van der Waals surface area contributed by atoms with Gasteiger partial charge in [-0.05, 0) is 31.5 Å². The summed E-state index contributed by atoms with van der Waals surface area (Å²) in [6, 6.07) is 13.5. The lowest BCUT2D eigenvalue weighted by molar-refractivity contribution is -0.137. The molecule has 242 valence electrons. The van der Waals surface area contributed by atoms with Gasteiger partial charge >= 0.3 is 0 Å². The van der Waals surface area contributed by atoms with Gasteiger partial charge in [0.05, 0.1) is 18.1 Å². The zero-order chi connectivity index (χ0) is 32.7. The molecule has 2 atom stereocenters. The van der Waals surface area contributed by atoms with Crippen LogP contribution in [0, 0.1) is 12.7 Å². The summed E-state index contributed by atoms with van der Waals surface area (Å²) in [5.41, 5.74) is 2.52. The Morgan fingerprint density at radius 3 is 2.43 bits per heavy atom. The lowest BCUT2D eigenvalue weighted by atomic mass is 9.97. The predicted octanol–water partition coefficient (Wildman–Crippen LogP) is 7.16. The van der Waals surface area contributed by atoms with E-state index in [-0.39, 0.29) is 56.0 Å². The molecule has 6 rings (SSSR count). The van der Waals surface area contributed by atoms with E-state index in [1.54, 1.807) is 61.8 Å². The predicted molar refractivity (Wildman–Crippen MR) is 177 cm³/mol. The Balaban J connectivity index is 0.00000433. The number of carbonyl (C=O) groups excluding carboxylic acids is 3. The molecule has 47 heavy (non-hydrogen) atoms. The Kier molecular flexibility index (Phi) is 9.53. The van der Waals surface area contributed by atoms with E-state index in [1.165, 1.54) is 34.7 Å². The minimum absolute atomic E-state index is 0. The number of halogens is 3. The Bertz CT molecular complexity index is 2010. The lowest BCUT2D eigenvalue weighted by Crippen LogP contribution is -2.42. The summed E-state index contributed by atoms with van der Waals surface area (Å²) in [7, 11) is 0. The molecule has 1 saturated heterocycles. The minimum Gasteiger partial charge on any atom is -0.507 e. The summed E-state index contributed by atoms with van der Waals surface area (Å²) in [6.07, 6.45) is 2.65. The smallest absolute Gasteiger partial charge is 0.243 e. The number of Topliss-reactive ketones (excluding diaryl/α,β-unsaturated/α-hetero) is 2. The van der Waals surface area contributed by atoms with Gasteiger partial charge in [0.1, 0.15) is 30.1 Å². The van der Waals surface area contributed by atoms with Gasteiger partial charge in [-0.15, -0.1) is 0 Å². The third-order valence-electron chi connectivity index (χ3n) is 8.32. The molecule has 1 aliphatic heterocycles. The average molecular weight is 659 g/mol. The molecule has 8 nitrogen and oxygen atoms in total. The van der Waals surface area contributed by atoms with Crippen molar-refractivity contribution in [3.05, 3.63) is 101 Å². The number of fused-ring (bicyclic) bond motifs is 1. The topological polar surface area (TPSA) is 105 Å². The maximum absolute atomic E-state index is 15.6. The number of amides is 1. The van der Waals surface area contributed by atoms with Crippen molar-refractivity contribution in [3.8, 4) is 28.0 Å². The number of rotatable bonds is 8. The summed E-state index contributed by atoms with van der Waals surface area (Å²) in [4.78, 5) is 49.2. The first-order chi connectivity index (χ1) is 22.0. The van der Waals surface area contributed by atoms with E-state index in [0.717, 1.165) is 0 Å². The summed E-state index contributed by atoms with van der Waals surface area (Å²) >= 11 is 6.27. The van der Waals surface area contributed by atoms with Crippen LogP contribution in [0.3, 0.4) is 0 Å². The van der Waals surface area contributed by atoms with Crippen molar-refractivity contribution in [1.29, 1.82) is 0 Å². The van der Waals surface area contributed by atoms with Crippen LogP contribution in [0.15, 0.2) is 73.2 Å². The molecule has 0 spiro atoms. The summed E-state index contributed by atoms with van der Waals surface area (Å²) in [6.45, 7) is 2.52. The molecule has 1 N–H and O–H groups in total. The van der Waals surface area contributed by atoms with Crippen molar-refractivity contribution < 1.29 is 28.3 Å². The number of hydrogen-bond donors (Lipinski definition) is 1. The Hall–Kier alpha value is -4.96. The number of nitrogens with zero attached hydrogens (tertiary/aromatic N) is 4. The van der Waals surface area contributed by atoms with Crippen LogP contribution in [0.1, 0.15) is 42.5 Å². The molecule has 1 aliphatic rings. The number of aromatic hydroxyl groups is 1. The number of alkyl halides is 1. The highest BCUT2D eigenvalue weighted by Crippen LogP contribution is 2.36. The van der Waals surface area contributed by atoms with Crippen LogP contribution < -0.4 is 0 Å². The Morgan fingerprint density at radius 2 is 1.72 bits per heavy atom. The lowest BCUT2D eigenvalue weighted by Gasteiger charge is -2.24. The zero-order valence-corrected chi connectivity index (χ0v) is 25.8. The number of aromatic nitrogens is 3. The standard InChI is InChI=1S/C35H29ClF2N4O4.CH4/c1-19(43)28-17-41(30-13-32(44)26(12-27(28)30)22-14-39-20(2)40-15-22)18-34(46)42-16-23(37)11-31(42)33(45)10-21-6-5-8-25(35(21)38)24-7-3-4-9-29(24)36;/h3-9,12-15,17,23,31,44H,10-11,16,18H2,1-2H3;1H4/t23-,31?;/m1./s1. The second kappa shape index (κ2) is 13.4. The molecule has 3 aromatic carbocycles. The third-order valence-corrected chi connectivity index (χ3v) is 8.65. The fourth-order valence-electron chi connectivity index (χ4n) is 6.01. The molecule has 0 bridgehead atoms. The van der Waals surface area contributed by atoms with Gasteiger partial charge in [-0.2, -0.15) is 0 Å². The fourth-order valence-corrected chi connectivity index (χ4v) is 6.25. The largest absolute Gasteiger partial charge is 0.507 e. The fraction of sp³-hybridized carbons (Fsp3) is 0.250. The highest BCUT2D eigenvalue weighted by Gasteiger charge is 2.40. The zero-order valence-electron chi connectivity index (χ0n) is 25.0. The molecule has 1 fully saturated rings. The average Bonchev–Trinajstić information content (AvgIpc) is 3.59. The van der Waals surface area contributed by atoms with Crippen LogP contribution >= 0.6 is 11.6 Å². The van der Waals surface area contributed by atoms with Gasteiger partial charge < -0.3 is 14.6 Å². The molecule has 2 aromatic heterocycles. The number of phenols is 1. The number of likely N-dealkylation sites (tertiary alicyclic amines) is 1. The number of benzene rings is 3.